The van der Waals surface area contributed by atoms with Gasteiger partial charge in [-0.05, 0) is 43.9 Å². The van der Waals surface area contributed by atoms with Crippen molar-refractivity contribution in [3.63, 3.8) is 0 Å². The molecule has 19 heavy (non-hydrogen) atoms. The molecule has 0 spiro atoms. The monoisotopic (exact) mass is 263 g/mol. The largest absolute Gasteiger partial charge is 0.494 e. The minimum Gasteiger partial charge on any atom is -0.494 e. The summed E-state index contributed by atoms with van der Waals surface area (Å²) >= 11 is 0. The molecular weight excluding hydrogens is 242 g/mol. The summed E-state index contributed by atoms with van der Waals surface area (Å²) in [6.45, 7) is 5.04. The van der Waals surface area contributed by atoms with Gasteiger partial charge in [-0.25, -0.2) is 0 Å². The molecule has 1 aliphatic rings. The van der Waals surface area contributed by atoms with Gasteiger partial charge in [-0.2, -0.15) is 0 Å². The molecule has 0 bridgehead atoms. The molecule has 0 saturated heterocycles. The van der Waals surface area contributed by atoms with Crippen LogP contribution in [0.4, 0.5) is 0 Å². The number of aliphatic hydroxyl groups excluding tert-OH is 1. The maximum atomic E-state index is 11.9. The van der Waals surface area contributed by atoms with Gasteiger partial charge in [-0.15, -0.1) is 0 Å². The molecule has 0 heterocycles. The predicted molar refractivity (Wildman–Crippen MR) is 72.9 cm³/mol. The minimum atomic E-state index is -0.500. The Morgan fingerprint density at radius 3 is 2.74 bits per heavy atom. The van der Waals surface area contributed by atoms with Gasteiger partial charge in [0, 0.05) is 6.54 Å². The normalized spacial score (nSPS) is 15.9. The molecule has 1 amide bonds. The van der Waals surface area contributed by atoms with Gasteiger partial charge in [0.15, 0.2) is 0 Å². The first-order valence-electron chi connectivity index (χ1n) is 6.73. The van der Waals surface area contributed by atoms with Crippen molar-refractivity contribution < 1.29 is 14.6 Å². The number of hydrogen-bond acceptors (Lipinski definition) is 3. The average molecular weight is 263 g/mol. The maximum Gasteiger partial charge on any atom is 0.228 e. The fraction of sp³-hybridized carbons (Fsp3) is 0.533. The lowest BCUT2D eigenvalue weighted by Gasteiger charge is -2.13. The molecule has 1 fully saturated rings. The number of aryl methyl sites for hydroxylation is 1. The molecule has 4 nitrogen and oxygen atoms in total. The molecule has 1 aromatic carbocycles. The van der Waals surface area contributed by atoms with Crippen molar-refractivity contribution in [2.24, 2.45) is 5.41 Å². The highest BCUT2D eigenvalue weighted by molar-refractivity contribution is 5.85. The Balaban J connectivity index is 1.93. The summed E-state index contributed by atoms with van der Waals surface area (Å²) in [5.41, 5.74) is 1.61. The van der Waals surface area contributed by atoms with Gasteiger partial charge in [0.2, 0.25) is 5.91 Å². The number of aliphatic hydroxyl groups is 1. The van der Waals surface area contributed by atoms with Crippen molar-refractivity contribution in [1.29, 1.82) is 0 Å². The highest BCUT2D eigenvalue weighted by Crippen LogP contribution is 2.45. The summed E-state index contributed by atoms with van der Waals surface area (Å²) < 4.78 is 5.48. The summed E-state index contributed by atoms with van der Waals surface area (Å²) in [6.07, 6.45) is 1.58. The number of benzene rings is 1. The number of rotatable bonds is 6. The van der Waals surface area contributed by atoms with Crippen LogP contribution < -0.4 is 10.1 Å². The molecule has 1 saturated carbocycles. The third-order valence-electron chi connectivity index (χ3n) is 3.63. The molecule has 1 aromatic rings. The first-order chi connectivity index (χ1) is 9.11. The summed E-state index contributed by atoms with van der Waals surface area (Å²) in [5.74, 6) is 0.841. The zero-order valence-corrected chi connectivity index (χ0v) is 11.5. The van der Waals surface area contributed by atoms with Crippen LogP contribution in [0.1, 0.15) is 30.9 Å². The van der Waals surface area contributed by atoms with Crippen LogP contribution in [0, 0.1) is 12.3 Å². The Labute approximate surface area is 113 Å². The fourth-order valence-corrected chi connectivity index (χ4v) is 2.12. The van der Waals surface area contributed by atoms with E-state index in [-0.39, 0.29) is 12.5 Å². The van der Waals surface area contributed by atoms with Crippen LogP contribution in [0.25, 0.3) is 0 Å². The van der Waals surface area contributed by atoms with Crippen molar-refractivity contribution in [3.05, 3.63) is 29.3 Å². The summed E-state index contributed by atoms with van der Waals surface area (Å²) in [7, 11) is 0. The number of hydrogen-bond donors (Lipinski definition) is 2. The van der Waals surface area contributed by atoms with E-state index in [0.29, 0.717) is 13.2 Å². The Hall–Kier alpha value is -1.55. The van der Waals surface area contributed by atoms with Crippen molar-refractivity contribution in [3.8, 4) is 5.75 Å². The molecule has 0 atom stereocenters. The van der Waals surface area contributed by atoms with E-state index in [4.69, 9.17) is 4.74 Å². The number of ether oxygens (including phenoxy) is 1. The Kier molecular flexibility index (Phi) is 4.10. The van der Waals surface area contributed by atoms with Crippen LogP contribution >= 0.6 is 0 Å². The third-order valence-corrected chi connectivity index (χ3v) is 3.63. The first kappa shape index (κ1) is 13.9. The van der Waals surface area contributed by atoms with Crippen molar-refractivity contribution in [2.45, 2.75) is 33.2 Å². The maximum absolute atomic E-state index is 11.9. The quantitative estimate of drug-likeness (QED) is 0.822. The zero-order valence-electron chi connectivity index (χ0n) is 11.5. The highest BCUT2D eigenvalue weighted by Gasteiger charge is 2.49. The summed E-state index contributed by atoms with van der Waals surface area (Å²) in [6, 6.07) is 5.90. The predicted octanol–water partition coefficient (Wildman–Crippen LogP) is 1.78. The van der Waals surface area contributed by atoms with Crippen LogP contribution in [-0.2, 0) is 11.3 Å². The summed E-state index contributed by atoms with van der Waals surface area (Å²) in [5, 5.41) is 12.1. The van der Waals surface area contributed by atoms with Gasteiger partial charge in [-0.3, -0.25) is 4.79 Å². The number of nitrogens with one attached hydrogen (secondary N) is 1. The number of carbonyl (C=O) groups is 1. The van der Waals surface area contributed by atoms with Gasteiger partial charge in [0.1, 0.15) is 5.75 Å². The Morgan fingerprint density at radius 2 is 2.21 bits per heavy atom. The molecule has 2 rings (SSSR count). The second-order valence-corrected chi connectivity index (χ2v) is 5.15. The van der Waals surface area contributed by atoms with Crippen LogP contribution in [0.3, 0.4) is 0 Å². The zero-order chi connectivity index (χ0) is 13.9. The van der Waals surface area contributed by atoms with Crippen LogP contribution in [0.5, 0.6) is 5.75 Å². The molecule has 4 heteroatoms. The molecule has 0 aromatic heterocycles. The standard InChI is InChI=1S/C15H21NO3/c1-3-19-13-5-4-12(8-11(13)2)9-16-14(18)15(10-17)6-7-15/h4-5,8,17H,3,6-7,9-10H2,1-2H3,(H,16,18). The second-order valence-electron chi connectivity index (χ2n) is 5.15. The van der Waals surface area contributed by atoms with E-state index in [2.05, 4.69) is 5.32 Å². The third kappa shape index (κ3) is 3.07. The lowest BCUT2D eigenvalue weighted by molar-refractivity contribution is -0.127. The van der Waals surface area contributed by atoms with Crippen LogP contribution in [-0.4, -0.2) is 24.2 Å². The molecule has 0 radical (unpaired) electrons. The summed E-state index contributed by atoms with van der Waals surface area (Å²) in [4.78, 5) is 11.9. The lowest BCUT2D eigenvalue weighted by atomic mass is 10.1. The van der Waals surface area contributed by atoms with E-state index in [1.807, 2.05) is 32.0 Å². The van der Waals surface area contributed by atoms with Gasteiger partial charge < -0.3 is 15.2 Å². The number of amides is 1. The van der Waals surface area contributed by atoms with Gasteiger partial charge in [0.05, 0.1) is 18.6 Å². The van der Waals surface area contributed by atoms with Gasteiger partial charge in [0.25, 0.3) is 0 Å². The lowest BCUT2D eigenvalue weighted by Crippen LogP contribution is -2.33. The van der Waals surface area contributed by atoms with E-state index >= 15 is 0 Å². The van der Waals surface area contributed by atoms with Crippen molar-refractivity contribution in [2.75, 3.05) is 13.2 Å². The Bertz CT molecular complexity index is 466. The fourth-order valence-electron chi connectivity index (χ4n) is 2.12. The molecule has 0 aliphatic heterocycles. The topological polar surface area (TPSA) is 58.6 Å². The highest BCUT2D eigenvalue weighted by atomic mass is 16.5. The number of carbonyl (C=O) groups excluding carboxylic acids is 1. The Morgan fingerprint density at radius 1 is 1.47 bits per heavy atom. The smallest absolute Gasteiger partial charge is 0.228 e. The van der Waals surface area contributed by atoms with Crippen molar-refractivity contribution >= 4 is 5.91 Å². The average Bonchev–Trinajstić information content (AvgIpc) is 3.20. The molecule has 1 aliphatic carbocycles. The second kappa shape index (κ2) is 5.61. The van der Waals surface area contributed by atoms with Crippen LogP contribution in [0.2, 0.25) is 0 Å². The van der Waals surface area contributed by atoms with Gasteiger partial charge >= 0.3 is 0 Å². The van der Waals surface area contributed by atoms with E-state index in [9.17, 15) is 9.90 Å². The van der Waals surface area contributed by atoms with Gasteiger partial charge in [-0.1, -0.05) is 12.1 Å². The van der Waals surface area contributed by atoms with E-state index in [1.165, 1.54) is 0 Å². The van der Waals surface area contributed by atoms with Crippen LogP contribution in [0.15, 0.2) is 18.2 Å². The van der Waals surface area contributed by atoms with E-state index in [1.54, 1.807) is 0 Å². The first-order valence-corrected chi connectivity index (χ1v) is 6.73. The molecule has 104 valence electrons. The SMILES string of the molecule is CCOc1ccc(CNC(=O)C2(CO)CC2)cc1C. The van der Waals surface area contributed by atoms with Crippen molar-refractivity contribution in [1.82, 2.24) is 5.32 Å². The minimum absolute atomic E-state index is 0.0402. The van der Waals surface area contributed by atoms with E-state index in [0.717, 1.165) is 29.7 Å². The van der Waals surface area contributed by atoms with E-state index < -0.39 is 5.41 Å². The molecule has 2 N–H and O–H groups in total. The molecule has 0 unspecified atom stereocenters. The molecular formula is C15H21NO3.